The predicted octanol–water partition coefficient (Wildman–Crippen LogP) is 3.35. The Hall–Kier alpha value is -2.49. The van der Waals surface area contributed by atoms with Crippen molar-refractivity contribution in [2.45, 2.75) is 13.3 Å². The van der Waals surface area contributed by atoms with E-state index >= 15 is 0 Å². The van der Waals surface area contributed by atoms with Crippen molar-refractivity contribution in [2.75, 3.05) is 6.61 Å². The molecule has 0 radical (unpaired) electrons. The molecule has 0 aliphatic carbocycles. The highest BCUT2D eigenvalue weighted by atomic mass is 16.5. The summed E-state index contributed by atoms with van der Waals surface area (Å²) in [6.07, 6.45) is 0.809. The lowest BCUT2D eigenvalue weighted by molar-refractivity contribution is 0.0505. The molecule has 20 heavy (non-hydrogen) atoms. The van der Waals surface area contributed by atoms with Crippen molar-refractivity contribution in [3.63, 3.8) is 0 Å². The first-order valence-electron chi connectivity index (χ1n) is 6.33. The maximum atomic E-state index is 11.2. The second-order valence-corrected chi connectivity index (χ2v) is 4.02. The van der Waals surface area contributed by atoms with Gasteiger partial charge in [-0.25, -0.2) is 4.79 Å². The van der Waals surface area contributed by atoms with Gasteiger partial charge in [0.25, 0.3) is 0 Å². The molecule has 0 saturated heterocycles. The minimum atomic E-state index is -0.346. The SMILES string of the molecule is CCCOC(=O)c1ccc(O)cc1.Oc1ccccc1. The maximum absolute atomic E-state index is 11.2. The van der Waals surface area contributed by atoms with Crippen LogP contribution in [0.3, 0.4) is 0 Å². The molecule has 2 N–H and O–H groups in total. The van der Waals surface area contributed by atoms with E-state index in [-0.39, 0.29) is 11.7 Å². The summed E-state index contributed by atoms with van der Waals surface area (Å²) < 4.78 is 4.90. The Bertz CT molecular complexity index is 506. The molecule has 0 aliphatic heterocycles. The minimum Gasteiger partial charge on any atom is -0.508 e. The first-order valence-corrected chi connectivity index (χ1v) is 6.33. The number of hydrogen-bond acceptors (Lipinski definition) is 4. The Morgan fingerprint density at radius 3 is 1.95 bits per heavy atom. The molecule has 0 bridgehead atoms. The quantitative estimate of drug-likeness (QED) is 0.842. The average Bonchev–Trinajstić information content (AvgIpc) is 2.47. The number of para-hydroxylation sites is 1. The molecule has 0 amide bonds. The third-order valence-corrected chi connectivity index (χ3v) is 2.30. The van der Waals surface area contributed by atoms with Crippen molar-refractivity contribution in [3.05, 3.63) is 60.2 Å². The van der Waals surface area contributed by atoms with Crippen molar-refractivity contribution < 1.29 is 19.7 Å². The first kappa shape index (κ1) is 15.6. The number of hydrogen-bond donors (Lipinski definition) is 2. The number of phenolic OH excluding ortho intramolecular Hbond substituents is 2. The number of benzene rings is 2. The van der Waals surface area contributed by atoms with Crippen LogP contribution in [0.1, 0.15) is 23.7 Å². The van der Waals surface area contributed by atoms with Crippen LogP contribution in [-0.4, -0.2) is 22.8 Å². The van der Waals surface area contributed by atoms with Gasteiger partial charge < -0.3 is 14.9 Å². The van der Waals surface area contributed by atoms with Gasteiger partial charge in [0.15, 0.2) is 0 Å². The van der Waals surface area contributed by atoms with Gasteiger partial charge in [0.2, 0.25) is 0 Å². The van der Waals surface area contributed by atoms with Crippen LogP contribution in [0.2, 0.25) is 0 Å². The molecule has 0 aliphatic rings. The first-order chi connectivity index (χ1) is 9.63. The Morgan fingerprint density at radius 1 is 0.950 bits per heavy atom. The number of rotatable bonds is 3. The average molecular weight is 274 g/mol. The second-order valence-electron chi connectivity index (χ2n) is 4.02. The Labute approximate surface area is 118 Å². The number of carbonyl (C=O) groups excluding carboxylic acids is 1. The molecule has 0 spiro atoms. The summed E-state index contributed by atoms with van der Waals surface area (Å²) in [5.74, 6) is 0.122. The van der Waals surface area contributed by atoms with Crippen LogP contribution >= 0.6 is 0 Å². The van der Waals surface area contributed by atoms with Gasteiger partial charge in [-0.2, -0.15) is 0 Å². The van der Waals surface area contributed by atoms with Crippen LogP contribution < -0.4 is 0 Å². The lowest BCUT2D eigenvalue weighted by Gasteiger charge is -2.02. The van der Waals surface area contributed by atoms with E-state index in [1.807, 2.05) is 13.0 Å². The van der Waals surface area contributed by atoms with Crippen molar-refractivity contribution in [1.82, 2.24) is 0 Å². The standard InChI is InChI=1S/C10H12O3.C6H6O/c1-2-7-13-10(12)8-3-5-9(11)6-4-8;7-6-4-2-1-3-5-6/h3-6,11H,2,7H2,1H3;1-5,7H. The van der Waals surface area contributed by atoms with Gasteiger partial charge in [-0.3, -0.25) is 0 Å². The monoisotopic (exact) mass is 274 g/mol. The lowest BCUT2D eigenvalue weighted by Crippen LogP contribution is -2.05. The molecule has 2 aromatic rings. The number of esters is 1. The third-order valence-electron chi connectivity index (χ3n) is 2.30. The lowest BCUT2D eigenvalue weighted by atomic mass is 10.2. The van der Waals surface area contributed by atoms with E-state index in [4.69, 9.17) is 14.9 Å². The number of ether oxygens (including phenoxy) is 1. The van der Waals surface area contributed by atoms with Crippen LogP contribution in [0.15, 0.2) is 54.6 Å². The summed E-state index contributed by atoms with van der Waals surface area (Å²) in [5, 5.41) is 17.6. The molecule has 2 rings (SSSR count). The molecule has 0 fully saturated rings. The molecule has 2 aromatic carbocycles. The molecule has 4 heteroatoms. The zero-order chi connectivity index (χ0) is 14.8. The molecule has 0 atom stereocenters. The van der Waals surface area contributed by atoms with Gasteiger partial charge in [0, 0.05) is 0 Å². The van der Waals surface area contributed by atoms with Crippen LogP contribution in [0.5, 0.6) is 11.5 Å². The molecule has 0 aromatic heterocycles. The Kier molecular flexibility index (Phi) is 6.68. The second kappa shape index (κ2) is 8.58. The number of carbonyl (C=O) groups is 1. The van der Waals surface area contributed by atoms with Gasteiger partial charge >= 0.3 is 5.97 Å². The van der Waals surface area contributed by atoms with Gasteiger partial charge in [-0.15, -0.1) is 0 Å². The summed E-state index contributed by atoms with van der Waals surface area (Å²) in [7, 11) is 0. The summed E-state index contributed by atoms with van der Waals surface area (Å²) >= 11 is 0. The zero-order valence-corrected chi connectivity index (χ0v) is 11.3. The van der Waals surface area contributed by atoms with Crippen molar-refractivity contribution in [1.29, 1.82) is 0 Å². The predicted molar refractivity (Wildman–Crippen MR) is 76.8 cm³/mol. The molecular formula is C16H18O4. The molecule has 0 saturated carbocycles. The number of aromatic hydroxyl groups is 2. The highest BCUT2D eigenvalue weighted by Crippen LogP contribution is 2.10. The van der Waals surface area contributed by atoms with Gasteiger partial charge in [-0.05, 0) is 42.8 Å². The van der Waals surface area contributed by atoms with Gasteiger partial charge in [-0.1, -0.05) is 25.1 Å². The summed E-state index contributed by atoms with van der Waals surface area (Å²) in [5.41, 5.74) is 0.464. The van der Waals surface area contributed by atoms with E-state index in [1.54, 1.807) is 24.3 Å². The van der Waals surface area contributed by atoms with E-state index < -0.39 is 0 Å². The van der Waals surface area contributed by atoms with E-state index in [0.717, 1.165) is 6.42 Å². The number of phenols is 2. The molecule has 4 nitrogen and oxygen atoms in total. The smallest absolute Gasteiger partial charge is 0.338 e. The summed E-state index contributed by atoms with van der Waals surface area (Å²) in [6.45, 7) is 2.36. The van der Waals surface area contributed by atoms with E-state index in [1.165, 1.54) is 24.3 Å². The van der Waals surface area contributed by atoms with Crippen LogP contribution in [0, 0.1) is 0 Å². The van der Waals surface area contributed by atoms with E-state index in [2.05, 4.69) is 0 Å². The van der Waals surface area contributed by atoms with Crippen molar-refractivity contribution in [3.8, 4) is 11.5 Å². The largest absolute Gasteiger partial charge is 0.508 e. The summed E-state index contributed by atoms with van der Waals surface area (Å²) in [6, 6.07) is 14.7. The zero-order valence-electron chi connectivity index (χ0n) is 11.3. The minimum absolute atomic E-state index is 0.145. The van der Waals surface area contributed by atoms with E-state index in [9.17, 15) is 4.79 Å². The third kappa shape index (κ3) is 5.91. The Balaban J connectivity index is 0.000000240. The Morgan fingerprint density at radius 2 is 1.50 bits per heavy atom. The van der Waals surface area contributed by atoms with Crippen molar-refractivity contribution >= 4 is 5.97 Å². The molecule has 0 heterocycles. The molecular weight excluding hydrogens is 256 g/mol. The topological polar surface area (TPSA) is 66.8 Å². The van der Waals surface area contributed by atoms with Crippen LogP contribution in [0.4, 0.5) is 0 Å². The maximum Gasteiger partial charge on any atom is 0.338 e. The fourth-order valence-electron chi connectivity index (χ4n) is 1.30. The molecule has 106 valence electrons. The summed E-state index contributed by atoms with van der Waals surface area (Å²) in [4.78, 5) is 11.2. The fraction of sp³-hybridized carbons (Fsp3) is 0.188. The molecule has 0 unspecified atom stereocenters. The van der Waals surface area contributed by atoms with E-state index in [0.29, 0.717) is 17.9 Å². The fourth-order valence-corrected chi connectivity index (χ4v) is 1.30. The highest BCUT2D eigenvalue weighted by molar-refractivity contribution is 5.89. The van der Waals surface area contributed by atoms with Gasteiger partial charge in [0.1, 0.15) is 11.5 Å². The normalized spacial score (nSPS) is 9.25. The highest BCUT2D eigenvalue weighted by Gasteiger charge is 2.05. The van der Waals surface area contributed by atoms with Crippen molar-refractivity contribution in [2.24, 2.45) is 0 Å². The van der Waals surface area contributed by atoms with Gasteiger partial charge in [0.05, 0.1) is 12.2 Å². The van der Waals surface area contributed by atoms with Crippen LogP contribution in [0.25, 0.3) is 0 Å². The van der Waals surface area contributed by atoms with Crippen LogP contribution in [-0.2, 0) is 4.74 Å².